The van der Waals surface area contributed by atoms with E-state index in [0.717, 1.165) is 25.6 Å². The van der Waals surface area contributed by atoms with Gasteiger partial charge in [-0.1, -0.05) is 13.3 Å². The molecule has 2 rings (SSSR count). The molecule has 1 heterocycles. The van der Waals surface area contributed by atoms with Crippen molar-refractivity contribution in [3.8, 4) is 0 Å². The Hall–Kier alpha value is -0.770. The van der Waals surface area contributed by atoms with Gasteiger partial charge in [-0.2, -0.15) is 0 Å². The first-order chi connectivity index (χ1) is 8.29. The average molecular weight is 238 g/mol. The fourth-order valence-corrected chi connectivity index (χ4v) is 2.72. The van der Waals surface area contributed by atoms with E-state index in [-0.39, 0.29) is 0 Å². The first-order valence-corrected chi connectivity index (χ1v) is 7.07. The van der Waals surface area contributed by atoms with Crippen LogP contribution >= 0.6 is 0 Å². The molecule has 0 bridgehead atoms. The molecular formula is C13H26N4. The van der Waals surface area contributed by atoms with Crippen LogP contribution in [0.1, 0.15) is 39.0 Å². The summed E-state index contributed by atoms with van der Waals surface area (Å²) in [5.74, 6) is 1.44. The minimum absolute atomic E-state index is 0.639. The van der Waals surface area contributed by atoms with Gasteiger partial charge in [-0.15, -0.1) is 0 Å². The Morgan fingerprint density at radius 1 is 1.35 bits per heavy atom. The van der Waals surface area contributed by atoms with Gasteiger partial charge in [0.05, 0.1) is 0 Å². The lowest BCUT2D eigenvalue weighted by molar-refractivity contribution is 0.267. The SMILES string of the molecule is CCN1CCCC1CNC(N)=NCC1CCC1. The van der Waals surface area contributed by atoms with Crippen molar-refractivity contribution in [3.63, 3.8) is 0 Å². The predicted molar refractivity (Wildman–Crippen MR) is 72.1 cm³/mol. The molecule has 17 heavy (non-hydrogen) atoms. The Morgan fingerprint density at radius 2 is 2.18 bits per heavy atom. The molecule has 0 amide bonds. The van der Waals surface area contributed by atoms with E-state index in [9.17, 15) is 0 Å². The molecule has 4 nitrogen and oxygen atoms in total. The topological polar surface area (TPSA) is 53.6 Å². The molecular weight excluding hydrogens is 212 g/mol. The summed E-state index contributed by atoms with van der Waals surface area (Å²) in [6.07, 6.45) is 6.66. The highest BCUT2D eigenvalue weighted by Gasteiger charge is 2.22. The van der Waals surface area contributed by atoms with Crippen LogP contribution in [0.5, 0.6) is 0 Å². The van der Waals surface area contributed by atoms with Gasteiger partial charge in [0.2, 0.25) is 0 Å². The molecule has 1 aliphatic heterocycles. The van der Waals surface area contributed by atoms with Crippen molar-refractivity contribution < 1.29 is 0 Å². The number of likely N-dealkylation sites (N-methyl/N-ethyl adjacent to an activating group) is 1. The molecule has 98 valence electrons. The summed E-state index contributed by atoms with van der Waals surface area (Å²) in [7, 11) is 0. The van der Waals surface area contributed by atoms with E-state index in [1.54, 1.807) is 0 Å². The highest BCUT2D eigenvalue weighted by atomic mass is 15.2. The van der Waals surface area contributed by atoms with Crippen LogP contribution in [0.3, 0.4) is 0 Å². The molecule has 1 unspecified atom stereocenters. The van der Waals surface area contributed by atoms with Crippen LogP contribution in [0, 0.1) is 5.92 Å². The first kappa shape index (κ1) is 12.7. The zero-order valence-electron chi connectivity index (χ0n) is 11.0. The molecule has 0 aromatic carbocycles. The largest absolute Gasteiger partial charge is 0.370 e. The van der Waals surface area contributed by atoms with Crippen molar-refractivity contribution in [2.24, 2.45) is 16.6 Å². The van der Waals surface area contributed by atoms with Crippen LogP contribution in [-0.4, -0.2) is 43.1 Å². The summed E-state index contributed by atoms with van der Waals surface area (Å²) in [6.45, 7) is 6.48. The van der Waals surface area contributed by atoms with Crippen LogP contribution in [0.25, 0.3) is 0 Å². The Kier molecular flexibility index (Phi) is 4.66. The summed E-state index contributed by atoms with van der Waals surface area (Å²) in [6, 6.07) is 0.650. The van der Waals surface area contributed by atoms with Crippen molar-refractivity contribution in [1.82, 2.24) is 10.2 Å². The number of guanidine groups is 1. The second kappa shape index (κ2) is 6.24. The fraction of sp³-hybridized carbons (Fsp3) is 0.923. The van der Waals surface area contributed by atoms with E-state index < -0.39 is 0 Å². The number of hydrogen-bond acceptors (Lipinski definition) is 2. The molecule has 2 fully saturated rings. The molecule has 0 radical (unpaired) electrons. The lowest BCUT2D eigenvalue weighted by atomic mass is 9.86. The molecule has 1 aliphatic carbocycles. The molecule has 0 aromatic rings. The van der Waals surface area contributed by atoms with Crippen LogP contribution in [0.2, 0.25) is 0 Å². The Balaban J connectivity index is 1.65. The highest BCUT2D eigenvalue weighted by molar-refractivity contribution is 5.77. The lowest BCUT2D eigenvalue weighted by Crippen LogP contribution is -2.43. The predicted octanol–water partition coefficient (Wildman–Crippen LogP) is 1.18. The molecule has 1 saturated carbocycles. The zero-order chi connectivity index (χ0) is 12.1. The Morgan fingerprint density at radius 3 is 2.82 bits per heavy atom. The smallest absolute Gasteiger partial charge is 0.188 e. The molecule has 3 N–H and O–H groups in total. The standard InChI is InChI=1S/C13H26N4/c1-2-17-8-4-7-12(17)10-16-13(14)15-9-11-5-3-6-11/h11-12H,2-10H2,1H3,(H3,14,15,16). The van der Waals surface area contributed by atoms with E-state index in [2.05, 4.69) is 22.1 Å². The molecule has 2 aliphatic rings. The maximum absolute atomic E-state index is 5.89. The first-order valence-electron chi connectivity index (χ1n) is 7.07. The van der Waals surface area contributed by atoms with Gasteiger partial charge in [-0.25, -0.2) is 0 Å². The molecule has 0 aromatic heterocycles. The van der Waals surface area contributed by atoms with Crippen LogP contribution in [0.15, 0.2) is 4.99 Å². The number of hydrogen-bond donors (Lipinski definition) is 2. The third kappa shape index (κ3) is 3.60. The summed E-state index contributed by atoms with van der Waals surface area (Å²) in [5.41, 5.74) is 5.89. The van der Waals surface area contributed by atoms with E-state index >= 15 is 0 Å². The minimum Gasteiger partial charge on any atom is -0.370 e. The third-order valence-electron chi connectivity index (χ3n) is 4.17. The monoisotopic (exact) mass is 238 g/mol. The van der Waals surface area contributed by atoms with Gasteiger partial charge in [0.1, 0.15) is 0 Å². The summed E-state index contributed by atoms with van der Waals surface area (Å²) in [5, 5.41) is 3.28. The molecule has 1 saturated heterocycles. The summed E-state index contributed by atoms with van der Waals surface area (Å²) < 4.78 is 0. The average Bonchev–Trinajstić information content (AvgIpc) is 2.71. The maximum Gasteiger partial charge on any atom is 0.188 e. The molecule has 1 atom stereocenters. The highest BCUT2D eigenvalue weighted by Crippen LogP contribution is 2.26. The Bertz CT molecular complexity index is 260. The second-order valence-corrected chi connectivity index (χ2v) is 5.33. The fourth-order valence-electron chi connectivity index (χ4n) is 2.72. The van der Waals surface area contributed by atoms with E-state index in [4.69, 9.17) is 5.73 Å². The summed E-state index contributed by atoms with van der Waals surface area (Å²) >= 11 is 0. The number of likely N-dealkylation sites (tertiary alicyclic amines) is 1. The number of nitrogens with one attached hydrogen (secondary N) is 1. The van der Waals surface area contributed by atoms with E-state index in [1.165, 1.54) is 38.6 Å². The van der Waals surface area contributed by atoms with Gasteiger partial charge < -0.3 is 11.1 Å². The minimum atomic E-state index is 0.639. The van der Waals surface area contributed by atoms with Gasteiger partial charge >= 0.3 is 0 Å². The normalized spacial score (nSPS) is 27.1. The van der Waals surface area contributed by atoms with Crippen LogP contribution < -0.4 is 11.1 Å². The zero-order valence-corrected chi connectivity index (χ0v) is 11.0. The number of rotatable bonds is 5. The van der Waals surface area contributed by atoms with Crippen molar-refractivity contribution in [2.45, 2.75) is 45.1 Å². The maximum atomic E-state index is 5.89. The van der Waals surface area contributed by atoms with Gasteiger partial charge in [-0.3, -0.25) is 9.89 Å². The molecule has 4 heteroatoms. The van der Waals surface area contributed by atoms with Gasteiger partial charge in [0, 0.05) is 19.1 Å². The third-order valence-corrected chi connectivity index (χ3v) is 4.17. The lowest BCUT2D eigenvalue weighted by Gasteiger charge is -2.24. The quantitative estimate of drug-likeness (QED) is 0.558. The van der Waals surface area contributed by atoms with Crippen molar-refractivity contribution in [2.75, 3.05) is 26.2 Å². The summed E-state index contributed by atoms with van der Waals surface area (Å²) in [4.78, 5) is 6.94. The van der Waals surface area contributed by atoms with E-state index in [1.807, 2.05) is 0 Å². The number of nitrogens with zero attached hydrogens (tertiary/aromatic N) is 2. The van der Waals surface area contributed by atoms with Gasteiger partial charge in [0.25, 0.3) is 0 Å². The molecule has 0 spiro atoms. The van der Waals surface area contributed by atoms with Crippen LogP contribution in [0.4, 0.5) is 0 Å². The van der Waals surface area contributed by atoms with Gasteiger partial charge in [-0.05, 0) is 44.7 Å². The van der Waals surface area contributed by atoms with Crippen LogP contribution in [-0.2, 0) is 0 Å². The Labute approximate surface area is 105 Å². The van der Waals surface area contributed by atoms with E-state index in [0.29, 0.717) is 12.0 Å². The second-order valence-electron chi connectivity index (χ2n) is 5.33. The number of nitrogens with two attached hydrogens (primary N) is 1. The van der Waals surface area contributed by atoms with Crippen molar-refractivity contribution >= 4 is 5.96 Å². The van der Waals surface area contributed by atoms with Crippen molar-refractivity contribution in [1.29, 1.82) is 0 Å². The number of aliphatic imine (C=N–C) groups is 1. The van der Waals surface area contributed by atoms with Gasteiger partial charge in [0.15, 0.2) is 5.96 Å². The van der Waals surface area contributed by atoms with Crippen molar-refractivity contribution in [3.05, 3.63) is 0 Å².